The topological polar surface area (TPSA) is 41.4 Å². The highest BCUT2D eigenvalue weighted by molar-refractivity contribution is 5.84. The molecule has 2 fully saturated rings. The predicted octanol–water partition coefficient (Wildman–Crippen LogP) is 3.15. The van der Waals surface area contributed by atoms with Crippen LogP contribution < -0.4 is 0 Å². The lowest BCUT2D eigenvalue weighted by Gasteiger charge is -2.41. The second kappa shape index (κ2) is 7.47. The van der Waals surface area contributed by atoms with Crippen LogP contribution in [0.25, 0.3) is 0 Å². The Morgan fingerprint density at radius 3 is 2.70 bits per heavy atom. The molecule has 2 saturated heterocycles. The molecule has 2 aliphatic heterocycles. The Bertz CT molecular complexity index is 785. The minimum atomic E-state index is -0.160. The zero-order valence-electron chi connectivity index (χ0n) is 16.5. The highest BCUT2D eigenvalue weighted by Gasteiger charge is 2.48. The third kappa shape index (κ3) is 3.65. The molecule has 4 rings (SSSR count). The molecule has 144 valence electrons. The largest absolute Gasteiger partial charge is 0.340 e. The van der Waals surface area contributed by atoms with Gasteiger partial charge in [-0.05, 0) is 45.2 Å². The van der Waals surface area contributed by atoms with Crippen molar-refractivity contribution >= 4 is 5.91 Å². The number of piperidine rings is 1. The fourth-order valence-electron chi connectivity index (χ4n) is 4.70. The SMILES string of the molecule is CC(C)N1CCC[C@]2(CCN(Cc3cncn3Cc3ccccc3)C2)C1=O. The van der Waals surface area contributed by atoms with Crippen molar-refractivity contribution < 1.29 is 4.79 Å². The standard InChI is InChI=1S/C22H30N4O/c1-18(2)26-11-6-9-22(21(26)27)10-12-24(16-22)15-20-13-23-17-25(20)14-19-7-4-3-5-8-19/h3-5,7-8,13,17-18H,6,9-12,14-16H2,1-2H3/t22-/m1/s1. The third-order valence-corrected chi connectivity index (χ3v) is 6.20. The van der Waals surface area contributed by atoms with Crippen LogP contribution in [-0.4, -0.2) is 50.9 Å². The minimum Gasteiger partial charge on any atom is -0.340 e. The van der Waals surface area contributed by atoms with Gasteiger partial charge in [-0.25, -0.2) is 4.98 Å². The van der Waals surface area contributed by atoms with Crippen molar-refractivity contribution in [1.82, 2.24) is 19.4 Å². The van der Waals surface area contributed by atoms with Crippen LogP contribution >= 0.6 is 0 Å². The summed E-state index contributed by atoms with van der Waals surface area (Å²) in [6, 6.07) is 10.8. The number of hydrogen-bond acceptors (Lipinski definition) is 3. The van der Waals surface area contributed by atoms with Gasteiger partial charge in [-0.1, -0.05) is 30.3 Å². The van der Waals surface area contributed by atoms with Crippen molar-refractivity contribution in [3.05, 3.63) is 54.1 Å². The fraction of sp³-hybridized carbons (Fsp3) is 0.545. The molecule has 2 aliphatic rings. The number of nitrogens with zero attached hydrogens (tertiary/aromatic N) is 4. The van der Waals surface area contributed by atoms with Gasteiger partial charge in [0, 0.05) is 38.4 Å². The van der Waals surface area contributed by atoms with Crippen LogP contribution in [0, 0.1) is 5.41 Å². The number of likely N-dealkylation sites (tertiary alicyclic amines) is 2. The average Bonchev–Trinajstić information content (AvgIpc) is 3.26. The Balaban J connectivity index is 1.44. The summed E-state index contributed by atoms with van der Waals surface area (Å²) in [6.45, 7) is 8.76. The maximum atomic E-state index is 13.1. The summed E-state index contributed by atoms with van der Waals surface area (Å²) in [5, 5.41) is 0. The monoisotopic (exact) mass is 366 g/mol. The normalized spacial score (nSPS) is 23.7. The fourth-order valence-corrected chi connectivity index (χ4v) is 4.70. The van der Waals surface area contributed by atoms with E-state index < -0.39 is 0 Å². The van der Waals surface area contributed by atoms with E-state index in [0.29, 0.717) is 11.9 Å². The Kier molecular flexibility index (Phi) is 5.04. The lowest BCUT2D eigenvalue weighted by molar-refractivity contribution is -0.147. The van der Waals surface area contributed by atoms with Crippen LogP contribution in [0.2, 0.25) is 0 Å². The van der Waals surface area contributed by atoms with Gasteiger partial charge in [0.15, 0.2) is 0 Å². The molecule has 0 aliphatic carbocycles. The number of imidazole rings is 1. The molecule has 0 N–H and O–H groups in total. The van der Waals surface area contributed by atoms with E-state index in [1.807, 2.05) is 18.6 Å². The molecule has 1 aromatic heterocycles. The molecule has 0 radical (unpaired) electrons. The molecular weight excluding hydrogens is 336 g/mol. The Morgan fingerprint density at radius 2 is 1.93 bits per heavy atom. The van der Waals surface area contributed by atoms with Crippen molar-refractivity contribution in [3.8, 4) is 0 Å². The van der Waals surface area contributed by atoms with Crippen LogP contribution in [0.4, 0.5) is 0 Å². The molecular formula is C22H30N4O. The summed E-state index contributed by atoms with van der Waals surface area (Å²) in [5.74, 6) is 0.379. The summed E-state index contributed by atoms with van der Waals surface area (Å²) < 4.78 is 2.23. The molecule has 27 heavy (non-hydrogen) atoms. The molecule has 1 spiro atoms. The van der Waals surface area contributed by atoms with Gasteiger partial charge in [0.05, 0.1) is 17.4 Å². The summed E-state index contributed by atoms with van der Waals surface area (Å²) >= 11 is 0. The lowest BCUT2D eigenvalue weighted by Crippen LogP contribution is -2.52. The maximum Gasteiger partial charge on any atom is 0.230 e. The molecule has 0 saturated carbocycles. The van der Waals surface area contributed by atoms with Crippen LogP contribution in [-0.2, 0) is 17.9 Å². The van der Waals surface area contributed by atoms with E-state index in [-0.39, 0.29) is 5.41 Å². The summed E-state index contributed by atoms with van der Waals surface area (Å²) in [7, 11) is 0. The number of benzene rings is 1. The number of amides is 1. The van der Waals surface area contributed by atoms with Gasteiger partial charge in [0.2, 0.25) is 5.91 Å². The summed E-state index contributed by atoms with van der Waals surface area (Å²) in [4.78, 5) is 22.0. The highest BCUT2D eigenvalue weighted by Crippen LogP contribution is 2.41. The van der Waals surface area contributed by atoms with Gasteiger partial charge >= 0.3 is 0 Å². The molecule has 0 bridgehead atoms. The van der Waals surface area contributed by atoms with Crippen LogP contribution in [0.5, 0.6) is 0 Å². The van der Waals surface area contributed by atoms with Crippen LogP contribution in [0.1, 0.15) is 44.4 Å². The minimum absolute atomic E-state index is 0.160. The number of aromatic nitrogens is 2. The number of carbonyl (C=O) groups is 1. The summed E-state index contributed by atoms with van der Waals surface area (Å²) in [6.07, 6.45) is 7.04. The van der Waals surface area contributed by atoms with E-state index in [1.165, 1.54) is 11.3 Å². The van der Waals surface area contributed by atoms with Crippen molar-refractivity contribution in [2.45, 2.75) is 52.2 Å². The number of hydrogen-bond donors (Lipinski definition) is 0. The molecule has 5 heteroatoms. The zero-order chi connectivity index (χ0) is 18.9. The molecule has 1 amide bonds. The molecule has 2 aromatic rings. The van der Waals surface area contributed by atoms with E-state index in [9.17, 15) is 4.79 Å². The third-order valence-electron chi connectivity index (χ3n) is 6.20. The molecule has 0 unspecified atom stereocenters. The molecule has 3 heterocycles. The van der Waals surface area contributed by atoms with Gasteiger partial charge in [-0.15, -0.1) is 0 Å². The zero-order valence-corrected chi connectivity index (χ0v) is 16.5. The smallest absolute Gasteiger partial charge is 0.230 e. The van der Waals surface area contributed by atoms with Gasteiger partial charge in [-0.2, -0.15) is 0 Å². The van der Waals surface area contributed by atoms with Crippen LogP contribution in [0.3, 0.4) is 0 Å². The molecule has 5 nitrogen and oxygen atoms in total. The van der Waals surface area contributed by atoms with E-state index in [2.05, 4.69) is 57.5 Å². The number of rotatable bonds is 5. The quantitative estimate of drug-likeness (QED) is 0.816. The first kappa shape index (κ1) is 18.2. The highest BCUT2D eigenvalue weighted by atomic mass is 16.2. The molecule has 1 aromatic carbocycles. The second-order valence-electron chi connectivity index (χ2n) is 8.44. The van der Waals surface area contributed by atoms with Crippen molar-refractivity contribution in [1.29, 1.82) is 0 Å². The first-order chi connectivity index (χ1) is 13.1. The molecule has 1 atom stereocenters. The number of carbonyl (C=O) groups excluding carboxylic acids is 1. The van der Waals surface area contributed by atoms with Gasteiger partial charge in [0.25, 0.3) is 0 Å². The van der Waals surface area contributed by atoms with E-state index in [0.717, 1.165) is 52.0 Å². The predicted molar refractivity (Wildman–Crippen MR) is 106 cm³/mol. The summed E-state index contributed by atoms with van der Waals surface area (Å²) in [5.41, 5.74) is 2.34. The van der Waals surface area contributed by atoms with E-state index in [4.69, 9.17) is 0 Å². The second-order valence-corrected chi connectivity index (χ2v) is 8.44. The van der Waals surface area contributed by atoms with Gasteiger partial charge in [0.1, 0.15) is 0 Å². The van der Waals surface area contributed by atoms with E-state index in [1.54, 1.807) is 0 Å². The first-order valence-corrected chi connectivity index (χ1v) is 10.1. The van der Waals surface area contributed by atoms with E-state index >= 15 is 0 Å². The van der Waals surface area contributed by atoms with Crippen molar-refractivity contribution in [2.75, 3.05) is 19.6 Å². The average molecular weight is 367 g/mol. The lowest BCUT2D eigenvalue weighted by atomic mass is 9.78. The Morgan fingerprint density at radius 1 is 1.11 bits per heavy atom. The van der Waals surface area contributed by atoms with Crippen molar-refractivity contribution in [2.24, 2.45) is 5.41 Å². The maximum absolute atomic E-state index is 13.1. The first-order valence-electron chi connectivity index (χ1n) is 10.1. The Labute approximate surface area is 162 Å². The van der Waals surface area contributed by atoms with Crippen LogP contribution in [0.15, 0.2) is 42.9 Å². The van der Waals surface area contributed by atoms with Gasteiger partial charge in [-0.3, -0.25) is 9.69 Å². The van der Waals surface area contributed by atoms with Gasteiger partial charge < -0.3 is 9.47 Å². The van der Waals surface area contributed by atoms with Crippen molar-refractivity contribution in [3.63, 3.8) is 0 Å². The Hall–Kier alpha value is -2.14.